The normalized spacial score (nSPS) is 11.0. The molecule has 0 aromatic heterocycles. The summed E-state index contributed by atoms with van der Waals surface area (Å²) in [6.45, 7) is 4.97. The number of rotatable bonds is 7. The van der Waals surface area contributed by atoms with Crippen molar-refractivity contribution in [2.45, 2.75) is 26.8 Å². The van der Waals surface area contributed by atoms with Crippen LogP contribution in [0.2, 0.25) is 0 Å². The molecule has 1 aromatic rings. The molecule has 0 aliphatic heterocycles. The third-order valence-electron chi connectivity index (χ3n) is 2.92. The molecule has 0 aliphatic carbocycles. The van der Waals surface area contributed by atoms with Gasteiger partial charge in [0.15, 0.2) is 5.78 Å². The Balaban J connectivity index is 2.57. The molecule has 0 amide bonds. The molecule has 4 nitrogen and oxygen atoms in total. The van der Waals surface area contributed by atoms with E-state index in [-0.39, 0.29) is 18.1 Å². The number of aliphatic carboxylic acids is 1. The first-order valence-electron chi connectivity index (χ1n) is 6.43. The second kappa shape index (κ2) is 7.04. The van der Waals surface area contributed by atoms with Crippen molar-refractivity contribution < 1.29 is 14.7 Å². The molecule has 1 aromatic carbocycles. The molecule has 0 atom stereocenters. The molecule has 104 valence electrons. The summed E-state index contributed by atoms with van der Waals surface area (Å²) < 4.78 is 0. The Hall–Kier alpha value is -1.68. The van der Waals surface area contributed by atoms with E-state index in [1.54, 1.807) is 0 Å². The summed E-state index contributed by atoms with van der Waals surface area (Å²) in [5.74, 6) is -0.639. The SMILES string of the molecule is CC(C)C(=O)c1ccc(CN(C)CCC(=O)O)cc1. The zero-order chi connectivity index (χ0) is 14.4. The first-order valence-corrected chi connectivity index (χ1v) is 6.43. The fourth-order valence-electron chi connectivity index (χ4n) is 1.78. The lowest BCUT2D eigenvalue weighted by atomic mass is 10.00. The molecule has 19 heavy (non-hydrogen) atoms. The highest BCUT2D eigenvalue weighted by Gasteiger charge is 2.10. The monoisotopic (exact) mass is 263 g/mol. The van der Waals surface area contributed by atoms with Crippen LogP contribution in [-0.4, -0.2) is 35.4 Å². The summed E-state index contributed by atoms with van der Waals surface area (Å²) in [6, 6.07) is 7.52. The molecule has 1 rings (SSSR count). The Morgan fingerprint density at radius 2 is 1.79 bits per heavy atom. The molecular weight excluding hydrogens is 242 g/mol. The van der Waals surface area contributed by atoms with Crippen LogP contribution in [0.15, 0.2) is 24.3 Å². The molecular formula is C15H21NO3. The second-order valence-corrected chi connectivity index (χ2v) is 5.10. The molecule has 0 aliphatic rings. The van der Waals surface area contributed by atoms with Gasteiger partial charge in [0.25, 0.3) is 0 Å². The maximum Gasteiger partial charge on any atom is 0.304 e. The van der Waals surface area contributed by atoms with Crippen LogP contribution in [0.1, 0.15) is 36.2 Å². The molecule has 4 heteroatoms. The quantitative estimate of drug-likeness (QED) is 0.768. The van der Waals surface area contributed by atoms with Crippen LogP contribution in [0, 0.1) is 5.92 Å². The van der Waals surface area contributed by atoms with Crippen LogP contribution < -0.4 is 0 Å². The minimum Gasteiger partial charge on any atom is -0.481 e. The number of carboxylic acids is 1. The highest BCUT2D eigenvalue weighted by atomic mass is 16.4. The molecule has 0 saturated heterocycles. The smallest absolute Gasteiger partial charge is 0.304 e. The van der Waals surface area contributed by atoms with E-state index in [0.29, 0.717) is 13.1 Å². The number of nitrogens with zero attached hydrogens (tertiary/aromatic N) is 1. The molecule has 0 unspecified atom stereocenters. The van der Waals surface area contributed by atoms with Gasteiger partial charge in [-0.3, -0.25) is 9.59 Å². The number of hydrogen-bond acceptors (Lipinski definition) is 3. The number of carbonyl (C=O) groups is 2. The minimum atomic E-state index is -0.787. The van der Waals surface area contributed by atoms with Gasteiger partial charge in [-0.2, -0.15) is 0 Å². The van der Waals surface area contributed by atoms with Crippen molar-refractivity contribution in [1.82, 2.24) is 4.90 Å². The number of ketones is 1. The van der Waals surface area contributed by atoms with Crippen molar-refractivity contribution in [3.8, 4) is 0 Å². The van der Waals surface area contributed by atoms with Gasteiger partial charge in [-0.25, -0.2) is 0 Å². The van der Waals surface area contributed by atoms with Gasteiger partial charge in [-0.05, 0) is 12.6 Å². The summed E-state index contributed by atoms with van der Waals surface area (Å²) in [5, 5.41) is 8.61. The summed E-state index contributed by atoms with van der Waals surface area (Å²) in [7, 11) is 1.89. The fraction of sp³-hybridized carbons (Fsp3) is 0.467. The van der Waals surface area contributed by atoms with E-state index in [2.05, 4.69) is 0 Å². The highest BCUT2D eigenvalue weighted by molar-refractivity contribution is 5.97. The molecule has 0 heterocycles. The van der Waals surface area contributed by atoms with Gasteiger partial charge in [0.2, 0.25) is 0 Å². The number of Topliss-reactive ketones (excluding diaryl/α,β-unsaturated/α-hetero) is 1. The number of carboxylic acid groups (broad SMARTS) is 1. The van der Waals surface area contributed by atoms with Gasteiger partial charge in [0.05, 0.1) is 6.42 Å². The fourth-order valence-corrected chi connectivity index (χ4v) is 1.78. The molecule has 0 saturated carbocycles. The molecule has 0 radical (unpaired) electrons. The minimum absolute atomic E-state index is 0.00379. The number of carbonyl (C=O) groups excluding carboxylic acids is 1. The zero-order valence-electron chi connectivity index (χ0n) is 11.7. The average Bonchev–Trinajstić information content (AvgIpc) is 2.36. The van der Waals surface area contributed by atoms with Crippen molar-refractivity contribution in [2.75, 3.05) is 13.6 Å². The molecule has 0 fully saturated rings. The Labute approximate surface area is 114 Å². The number of benzene rings is 1. The third kappa shape index (κ3) is 5.22. The maximum absolute atomic E-state index is 11.8. The van der Waals surface area contributed by atoms with Crippen LogP contribution in [0.3, 0.4) is 0 Å². The van der Waals surface area contributed by atoms with Crippen LogP contribution in [0.5, 0.6) is 0 Å². The van der Waals surface area contributed by atoms with Gasteiger partial charge in [-0.1, -0.05) is 38.1 Å². The van der Waals surface area contributed by atoms with E-state index < -0.39 is 5.97 Å². The van der Waals surface area contributed by atoms with Crippen LogP contribution in [0.25, 0.3) is 0 Å². The topological polar surface area (TPSA) is 57.6 Å². The summed E-state index contributed by atoms with van der Waals surface area (Å²) in [5.41, 5.74) is 1.81. The Bertz CT molecular complexity index is 437. The summed E-state index contributed by atoms with van der Waals surface area (Å²) in [4.78, 5) is 24.2. The van der Waals surface area contributed by atoms with E-state index in [1.807, 2.05) is 50.1 Å². The Kier molecular flexibility index (Phi) is 5.70. The predicted octanol–water partition coefficient (Wildman–Crippen LogP) is 2.43. The van der Waals surface area contributed by atoms with Crippen molar-refractivity contribution in [3.05, 3.63) is 35.4 Å². The van der Waals surface area contributed by atoms with Crippen molar-refractivity contribution in [1.29, 1.82) is 0 Å². The zero-order valence-corrected chi connectivity index (χ0v) is 11.7. The lowest BCUT2D eigenvalue weighted by Crippen LogP contribution is -2.21. The summed E-state index contributed by atoms with van der Waals surface area (Å²) >= 11 is 0. The van der Waals surface area contributed by atoms with Crippen LogP contribution in [0.4, 0.5) is 0 Å². The van der Waals surface area contributed by atoms with E-state index in [1.165, 1.54) is 0 Å². The van der Waals surface area contributed by atoms with Gasteiger partial charge >= 0.3 is 5.97 Å². The second-order valence-electron chi connectivity index (χ2n) is 5.10. The van der Waals surface area contributed by atoms with E-state index in [9.17, 15) is 9.59 Å². The van der Waals surface area contributed by atoms with Gasteiger partial charge in [-0.15, -0.1) is 0 Å². The molecule has 0 bridgehead atoms. The number of hydrogen-bond donors (Lipinski definition) is 1. The first kappa shape index (κ1) is 15.4. The van der Waals surface area contributed by atoms with Gasteiger partial charge < -0.3 is 10.0 Å². The Morgan fingerprint density at radius 3 is 2.26 bits per heavy atom. The van der Waals surface area contributed by atoms with Gasteiger partial charge in [0, 0.05) is 24.6 Å². The van der Waals surface area contributed by atoms with Crippen molar-refractivity contribution >= 4 is 11.8 Å². The Morgan fingerprint density at radius 1 is 1.21 bits per heavy atom. The lowest BCUT2D eigenvalue weighted by molar-refractivity contribution is -0.137. The lowest BCUT2D eigenvalue weighted by Gasteiger charge is -2.15. The van der Waals surface area contributed by atoms with E-state index in [4.69, 9.17) is 5.11 Å². The first-order chi connectivity index (χ1) is 8.90. The van der Waals surface area contributed by atoms with E-state index >= 15 is 0 Å². The third-order valence-corrected chi connectivity index (χ3v) is 2.92. The summed E-state index contributed by atoms with van der Waals surface area (Å²) in [6.07, 6.45) is 0.139. The van der Waals surface area contributed by atoms with E-state index in [0.717, 1.165) is 11.1 Å². The largest absolute Gasteiger partial charge is 0.481 e. The predicted molar refractivity (Wildman–Crippen MR) is 74.2 cm³/mol. The standard InChI is InChI=1S/C15H21NO3/c1-11(2)15(19)13-6-4-12(5-7-13)10-16(3)9-8-14(17)18/h4-7,11H,8-10H2,1-3H3,(H,17,18). The maximum atomic E-state index is 11.8. The van der Waals surface area contributed by atoms with Crippen LogP contribution in [-0.2, 0) is 11.3 Å². The average molecular weight is 263 g/mol. The van der Waals surface area contributed by atoms with Crippen LogP contribution >= 0.6 is 0 Å². The van der Waals surface area contributed by atoms with Crippen molar-refractivity contribution in [3.63, 3.8) is 0 Å². The van der Waals surface area contributed by atoms with Crippen molar-refractivity contribution in [2.24, 2.45) is 5.92 Å². The molecule has 1 N–H and O–H groups in total. The highest BCUT2D eigenvalue weighted by Crippen LogP contribution is 2.11. The molecule has 0 spiro atoms. The van der Waals surface area contributed by atoms with Gasteiger partial charge in [0.1, 0.15) is 0 Å².